The van der Waals surface area contributed by atoms with Gasteiger partial charge in [0, 0.05) is 6.54 Å². The van der Waals surface area contributed by atoms with Gasteiger partial charge < -0.3 is 10.4 Å². The lowest BCUT2D eigenvalue weighted by atomic mass is 9.99. The standard InChI is InChI=1S/C15H22FNO2/c1-10(2)14(18)8-9-17-15(19)11(3)12-6-4-5-7-13(12)16/h4-7,10-11,14,18H,8-9H2,1-3H3,(H,17,19). The molecule has 0 saturated carbocycles. The molecule has 4 heteroatoms. The fraction of sp³-hybridized carbons (Fsp3) is 0.533. The summed E-state index contributed by atoms with van der Waals surface area (Å²) in [6, 6.07) is 6.28. The molecule has 0 spiro atoms. The molecule has 0 aliphatic carbocycles. The van der Waals surface area contributed by atoms with E-state index in [2.05, 4.69) is 5.32 Å². The molecule has 0 aliphatic heterocycles. The minimum atomic E-state index is -0.530. The molecule has 0 aromatic heterocycles. The van der Waals surface area contributed by atoms with E-state index in [1.54, 1.807) is 25.1 Å². The number of rotatable bonds is 6. The van der Waals surface area contributed by atoms with Gasteiger partial charge >= 0.3 is 0 Å². The normalized spacial score (nSPS) is 14.2. The van der Waals surface area contributed by atoms with Gasteiger partial charge in [-0.2, -0.15) is 0 Å². The maximum absolute atomic E-state index is 13.5. The van der Waals surface area contributed by atoms with Crippen LogP contribution in [0.4, 0.5) is 4.39 Å². The maximum atomic E-state index is 13.5. The minimum absolute atomic E-state index is 0.167. The lowest BCUT2D eigenvalue weighted by molar-refractivity contribution is -0.122. The van der Waals surface area contributed by atoms with Gasteiger partial charge in [-0.15, -0.1) is 0 Å². The van der Waals surface area contributed by atoms with Crippen LogP contribution in [0.25, 0.3) is 0 Å². The van der Waals surface area contributed by atoms with Crippen LogP contribution in [-0.2, 0) is 4.79 Å². The molecule has 2 N–H and O–H groups in total. The van der Waals surface area contributed by atoms with E-state index in [0.29, 0.717) is 18.5 Å². The van der Waals surface area contributed by atoms with E-state index in [1.807, 2.05) is 13.8 Å². The smallest absolute Gasteiger partial charge is 0.227 e. The molecule has 1 aromatic carbocycles. The molecule has 0 heterocycles. The molecule has 0 saturated heterocycles. The average Bonchev–Trinajstić information content (AvgIpc) is 2.38. The summed E-state index contributed by atoms with van der Waals surface area (Å²) in [6.45, 7) is 5.92. The minimum Gasteiger partial charge on any atom is -0.393 e. The van der Waals surface area contributed by atoms with Gasteiger partial charge in [0.05, 0.1) is 12.0 Å². The summed E-state index contributed by atoms with van der Waals surface area (Å²) >= 11 is 0. The summed E-state index contributed by atoms with van der Waals surface area (Å²) in [5.41, 5.74) is 0.393. The number of aliphatic hydroxyl groups excluding tert-OH is 1. The molecule has 19 heavy (non-hydrogen) atoms. The first-order valence-electron chi connectivity index (χ1n) is 6.63. The second kappa shape index (κ2) is 7.24. The van der Waals surface area contributed by atoms with Gasteiger partial charge in [-0.25, -0.2) is 4.39 Å². The lowest BCUT2D eigenvalue weighted by Gasteiger charge is -2.16. The van der Waals surface area contributed by atoms with E-state index in [1.165, 1.54) is 6.07 Å². The van der Waals surface area contributed by atoms with Crippen LogP contribution in [-0.4, -0.2) is 23.7 Å². The van der Waals surface area contributed by atoms with E-state index in [9.17, 15) is 14.3 Å². The molecule has 106 valence electrons. The topological polar surface area (TPSA) is 49.3 Å². The van der Waals surface area contributed by atoms with Gasteiger partial charge in [0.25, 0.3) is 0 Å². The van der Waals surface area contributed by atoms with Gasteiger partial charge in [0.1, 0.15) is 5.82 Å². The van der Waals surface area contributed by atoms with Crippen molar-refractivity contribution in [1.82, 2.24) is 5.32 Å². The molecule has 1 amide bonds. The molecule has 1 rings (SSSR count). The number of carbonyl (C=O) groups is 1. The predicted molar refractivity (Wildman–Crippen MR) is 73.3 cm³/mol. The second-order valence-corrected chi connectivity index (χ2v) is 5.13. The fourth-order valence-electron chi connectivity index (χ4n) is 1.80. The van der Waals surface area contributed by atoms with Crippen molar-refractivity contribution in [2.24, 2.45) is 5.92 Å². The average molecular weight is 267 g/mol. The molecule has 0 fully saturated rings. The second-order valence-electron chi connectivity index (χ2n) is 5.13. The first-order valence-corrected chi connectivity index (χ1v) is 6.63. The zero-order chi connectivity index (χ0) is 14.4. The summed E-state index contributed by atoms with van der Waals surface area (Å²) in [5.74, 6) is -0.952. The number of hydrogen-bond donors (Lipinski definition) is 2. The zero-order valence-corrected chi connectivity index (χ0v) is 11.7. The van der Waals surface area contributed by atoms with Crippen LogP contribution in [0.15, 0.2) is 24.3 Å². The van der Waals surface area contributed by atoms with Crippen molar-refractivity contribution in [1.29, 1.82) is 0 Å². The molecule has 1 aromatic rings. The molecule has 3 nitrogen and oxygen atoms in total. The highest BCUT2D eigenvalue weighted by Gasteiger charge is 2.18. The van der Waals surface area contributed by atoms with E-state index >= 15 is 0 Å². The number of nitrogens with one attached hydrogen (secondary N) is 1. The summed E-state index contributed by atoms with van der Waals surface area (Å²) in [4.78, 5) is 11.9. The van der Waals surface area contributed by atoms with Crippen molar-refractivity contribution in [3.8, 4) is 0 Å². The van der Waals surface area contributed by atoms with Crippen LogP contribution in [0.3, 0.4) is 0 Å². The third-order valence-corrected chi connectivity index (χ3v) is 3.27. The summed E-state index contributed by atoms with van der Waals surface area (Å²) in [7, 11) is 0. The van der Waals surface area contributed by atoms with Gasteiger partial charge in [-0.1, -0.05) is 32.0 Å². The van der Waals surface area contributed by atoms with Gasteiger partial charge in [0.15, 0.2) is 0 Å². The Morgan fingerprint density at radius 1 is 1.32 bits per heavy atom. The quantitative estimate of drug-likeness (QED) is 0.831. The van der Waals surface area contributed by atoms with Crippen LogP contribution in [0.5, 0.6) is 0 Å². The van der Waals surface area contributed by atoms with Gasteiger partial charge in [-0.05, 0) is 30.9 Å². The molecule has 0 radical (unpaired) electrons. The molecular formula is C15H22FNO2. The van der Waals surface area contributed by atoms with Crippen molar-refractivity contribution in [2.45, 2.75) is 39.2 Å². The fourth-order valence-corrected chi connectivity index (χ4v) is 1.80. The van der Waals surface area contributed by atoms with Crippen molar-refractivity contribution < 1.29 is 14.3 Å². The highest BCUT2D eigenvalue weighted by molar-refractivity contribution is 5.83. The number of benzene rings is 1. The highest BCUT2D eigenvalue weighted by Crippen LogP contribution is 2.18. The maximum Gasteiger partial charge on any atom is 0.227 e. The third-order valence-electron chi connectivity index (χ3n) is 3.27. The summed E-state index contributed by atoms with van der Waals surface area (Å²) < 4.78 is 13.5. The molecule has 0 bridgehead atoms. The van der Waals surface area contributed by atoms with E-state index in [-0.39, 0.29) is 17.6 Å². The molecule has 0 aliphatic rings. The van der Waals surface area contributed by atoms with Crippen molar-refractivity contribution in [3.05, 3.63) is 35.6 Å². The van der Waals surface area contributed by atoms with Crippen LogP contribution < -0.4 is 5.32 Å². The largest absolute Gasteiger partial charge is 0.393 e. The number of hydrogen-bond acceptors (Lipinski definition) is 2. The first kappa shape index (κ1) is 15.6. The van der Waals surface area contributed by atoms with Crippen molar-refractivity contribution in [3.63, 3.8) is 0 Å². The molecule has 2 unspecified atom stereocenters. The molecular weight excluding hydrogens is 245 g/mol. The lowest BCUT2D eigenvalue weighted by Crippen LogP contribution is -2.32. The first-order chi connectivity index (χ1) is 8.93. The highest BCUT2D eigenvalue weighted by atomic mass is 19.1. The Balaban J connectivity index is 2.48. The Morgan fingerprint density at radius 2 is 1.95 bits per heavy atom. The van der Waals surface area contributed by atoms with E-state index in [4.69, 9.17) is 0 Å². The predicted octanol–water partition coefficient (Wildman–Crippen LogP) is 2.45. The van der Waals surface area contributed by atoms with Crippen LogP contribution >= 0.6 is 0 Å². The number of aliphatic hydroxyl groups is 1. The summed E-state index contributed by atoms with van der Waals surface area (Å²) in [6.07, 6.45) is 0.0806. The van der Waals surface area contributed by atoms with E-state index in [0.717, 1.165) is 0 Å². The number of amides is 1. The number of halogens is 1. The Labute approximate surface area is 113 Å². The van der Waals surface area contributed by atoms with Crippen molar-refractivity contribution >= 4 is 5.91 Å². The third kappa shape index (κ3) is 4.63. The van der Waals surface area contributed by atoms with Crippen molar-refractivity contribution in [2.75, 3.05) is 6.54 Å². The molecule has 2 atom stereocenters. The van der Waals surface area contributed by atoms with E-state index < -0.39 is 12.0 Å². The Bertz CT molecular complexity index is 420. The van der Waals surface area contributed by atoms with Crippen LogP contribution in [0.2, 0.25) is 0 Å². The van der Waals surface area contributed by atoms with Crippen LogP contribution in [0, 0.1) is 11.7 Å². The van der Waals surface area contributed by atoms with Gasteiger partial charge in [0.2, 0.25) is 5.91 Å². The zero-order valence-electron chi connectivity index (χ0n) is 11.7. The van der Waals surface area contributed by atoms with Gasteiger partial charge in [-0.3, -0.25) is 4.79 Å². The summed E-state index contributed by atoms with van der Waals surface area (Å²) in [5, 5.41) is 12.4. The monoisotopic (exact) mass is 267 g/mol. The Kier molecular flexibility index (Phi) is 5.96. The SMILES string of the molecule is CC(C(=O)NCCC(O)C(C)C)c1ccccc1F. The Hall–Kier alpha value is -1.42. The number of carbonyl (C=O) groups excluding carboxylic acids is 1. The van der Waals surface area contributed by atoms with Crippen LogP contribution in [0.1, 0.15) is 38.7 Å². The Morgan fingerprint density at radius 3 is 2.53 bits per heavy atom.